The molecule has 162 valence electrons. The van der Waals surface area contributed by atoms with Gasteiger partial charge in [0.15, 0.2) is 0 Å². The summed E-state index contributed by atoms with van der Waals surface area (Å²) in [5.74, 6) is -0.242. The standard InChI is InChI=1S/C23H22Cl2N2O3S/c1-3-16-9-13-19(14-10-16)26-23(28)18-11-7-17(8-12-18)15-27(31(2,29)30)21-6-4-5-20(24)22(21)25/h4-14H,3,15H2,1-2H3,(H,26,28). The summed E-state index contributed by atoms with van der Waals surface area (Å²) in [6.45, 7) is 2.12. The summed E-state index contributed by atoms with van der Waals surface area (Å²) >= 11 is 12.3. The molecule has 0 aromatic heterocycles. The second kappa shape index (κ2) is 9.73. The van der Waals surface area contributed by atoms with Crippen molar-refractivity contribution in [1.82, 2.24) is 0 Å². The van der Waals surface area contributed by atoms with E-state index in [4.69, 9.17) is 23.2 Å². The number of hydrogen-bond acceptors (Lipinski definition) is 3. The number of aryl methyl sites for hydroxylation is 1. The Hall–Kier alpha value is -2.54. The highest BCUT2D eigenvalue weighted by Crippen LogP contribution is 2.34. The van der Waals surface area contributed by atoms with Crippen LogP contribution < -0.4 is 9.62 Å². The number of anilines is 2. The van der Waals surface area contributed by atoms with E-state index < -0.39 is 10.0 Å². The molecular formula is C23H22Cl2N2O3S. The predicted molar refractivity (Wildman–Crippen MR) is 128 cm³/mol. The Kier molecular flexibility index (Phi) is 7.26. The molecule has 0 atom stereocenters. The van der Waals surface area contributed by atoms with Crippen molar-refractivity contribution in [2.45, 2.75) is 19.9 Å². The number of benzene rings is 3. The Balaban J connectivity index is 1.77. The molecule has 0 bridgehead atoms. The van der Waals surface area contributed by atoms with Crippen molar-refractivity contribution < 1.29 is 13.2 Å². The molecule has 0 aliphatic rings. The number of halogens is 2. The topological polar surface area (TPSA) is 66.5 Å². The first-order chi connectivity index (χ1) is 14.7. The van der Waals surface area contributed by atoms with Crippen LogP contribution in [0.15, 0.2) is 66.7 Å². The Labute approximate surface area is 192 Å². The molecule has 3 aromatic rings. The molecule has 0 aliphatic carbocycles. The van der Waals surface area contributed by atoms with Crippen molar-refractivity contribution >= 4 is 50.5 Å². The molecule has 0 saturated heterocycles. The van der Waals surface area contributed by atoms with Crippen LogP contribution in [0.3, 0.4) is 0 Å². The number of rotatable bonds is 7. The molecule has 5 nitrogen and oxygen atoms in total. The van der Waals surface area contributed by atoms with Crippen LogP contribution in [0.1, 0.15) is 28.4 Å². The summed E-state index contributed by atoms with van der Waals surface area (Å²) in [6, 6.07) is 19.3. The maximum absolute atomic E-state index is 12.5. The van der Waals surface area contributed by atoms with E-state index >= 15 is 0 Å². The second-order valence-corrected chi connectivity index (χ2v) is 9.74. The van der Waals surface area contributed by atoms with Gasteiger partial charge in [0.1, 0.15) is 0 Å². The number of carbonyl (C=O) groups excluding carboxylic acids is 1. The molecule has 0 unspecified atom stereocenters. The molecule has 3 rings (SSSR count). The zero-order valence-corrected chi connectivity index (χ0v) is 19.4. The van der Waals surface area contributed by atoms with Crippen molar-refractivity contribution in [1.29, 1.82) is 0 Å². The molecule has 0 spiro atoms. The second-order valence-electron chi connectivity index (χ2n) is 7.04. The fraction of sp³-hybridized carbons (Fsp3) is 0.174. The SMILES string of the molecule is CCc1ccc(NC(=O)c2ccc(CN(c3cccc(Cl)c3Cl)S(C)(=O)=O)cc2)cc1. The Morgan fingerprint density at radius 3 is 2.13 bits per heavy atom. The fourth-order valence-corrected chi connectivity index (χ4v) is 4.36. The molecule has 1 amide bonds. The van der Waals surface area contributed by atoms with Gasteiger partial charge in [-0.05, 0) is 53.9 Å². The number of sulfonamides is 1. The van der Waals surface area contributed by atoms with Gasteiger partial charge in [-0.15, -0.1) is 0 Å². The highest BCUT2D eigenvalue weighted by Gasteiger charge is 2.21. The van der Waals surface area contributed by atoms with Gasteiger partial charge >= 0.3 is 0 Å². The third-order valence-corrected chi connectivity index (χ3v) is 6.70. The van der Waals surface area contributed by atoms with E-state index in [2.05, 4.69) is 12.2 Å². The largest absolute Gasteiger partial charge is 0.322 e. The molecule has 3 aromatic carbocycles. The first-order valence-electron chi connectivity index (χ1n) is 9.60. The van der Waals surface area contributed by atoms with Crippen LogP contribution in [0.5, 0.6) is 0 Å². The molecule has 0 fully saturated rings. The molecular weight excluding hydrogens is 455 g/mol. The zero-order chi connectivity index (χ0) is 22.6. The van der Waals surface area contributed by atoms with Gasteiger partial charge in [0, 0.05) is 11.3 Å². The summed E-state index contributed by atoms with van der Waals surface area (Å²) in [6.07, 6.45) is 2.04. The molecule has 0 aliphatic heterocycles. The van der Waals surface area contributed by atoms with Crippen LogP contribution in [-0.2, 0) is 23.0 Å². The Bertz CT molecular complexity index is 1180. The molecule has 1 N–H and O–H groups in total. The van der Waals surface area contributed by atoms with Crippen LogP contribution in [0.25, 0.3) is 0 Å². The van der Waals surface area contributed by atoms with Crippen molar-refractivity contribution in [2.24, 2.45) is 0 Å². The summed E-state index contributed by atoms with van der Waals surface area (Å²) in [5, 5.41) is 3.29. The van der Waals surface area contributed by atoms with Gasteiger partial charge in [-0.3, -0.25) is 9.10 Å². The van der Waals surface area contributed by atoms with Crippen LogP contribution in [0.2, 0.25) is 10.0 Å². The number of hydrogen-bond donors (Lipinski definition) is 1. The van der Waals surface area contributed by atoms with Crippen molar-refractivity contribution in [2.75, 3.05) is 15.9 Å². The van der Waals surface area contributed by atoms with E-state index in [-0.39, 0.29) is 22.5 Å². The minimum atomic E-state index is -3.62. The normalized spacial score (nSPS) is 11.2. The molecule has 0 saturated carbocycles. The number of amides is 1. The lowest BCUT2D eigenvalue weighted by atomic mass is 10.1. The number of nitrogens with one attached hydrogen (secondary N) is 1. The van der Waals surface area contributed by atoms with Crippen molar-refractivity contribution in [3.8, 4) is 0 Å². The van der Waals surface area contributed by atoms with E-state index in [1.807, 2.05) is 24.3 Å². The summed E-state index contributed by atoms with van der Waals surface area (Å²) < 4.78 is 26.0. The lowest BCUT2D eigenvalue weighted by molar-refractivity contribution is 0.102. The van der Waals surface area contributed by atoms with Gasteiger partial charge in [0.25, 0.3) is 5.91 Å². The minimum Gasteiger partial charge on any atom is -0.322 e. The minimum absolute atomic E-state index is 0.0548. The van der Waals surface area contributed by atoms with Gasteiger partial charge in [0.05, 0.1) is 28.5 Å². The quantitative estimate of drug-likeness (QED) is 0.470. The third-order valence-electron chi connectivity index (χ3n) is 4.76. The number of nitrogens with zero attached hydrogens (tertiary/aromatic N) is 1. The van der Waals surface area contributed by atoms with Crippen molar-refractivity contribution in [3.05, 3.63) is 93.5 Å². The average Bonchev–Trinajstić information content (AvgIpc) is 2.74. The van der Waals surface area contributed by atoms with Crippen LogP contribution in [0.4, 0.5) is 11.4 Å². The maximum atomic E-state index is 12.5. The molecule has 0 heterocycles. The highest BCUT2D eigenvalue weighted by molar-refractivity contribution is 7.92. The van der Waals surface area contributed by atoms with Gasteiger partial charge in [0.2, 0.25) is 10.0 Å². The summed E-state index contributed by atoms with van der Waals surface area (Å²) in [5.41, 5.74) is 3.37. The summed E-state index contributed by atoms with van der Waals surface area (Å²) in [4.78, 5) is 12.5. The van der Waals surface area contributed by atoms with Gasteiger partial charge in [-0.2, -0.15) is 0 Å². The molecule has 8 heteroatoms. The zero-order valence-electron chi connectivity index (χ0n) is 17.1. The third kappa shape index (κ3) is 5.79. The van der Waals surface area contributed by atoms with E-state index in [0.717, 1.165) is 12.7 Å². The van der Waals surface area contributed by atoms with E-state index in [1.165, 1.54) is 9.87 Å². The summed E-state index contributed by atoms with van der Waals surface area (Å²) in [7, 11) is -3.62. The van der Waals surface area contributed by atoms with E-state index in [9.17, 15) is 13.2 Å². The monoisotopic (exact) mass is 476 g/mol. The molecule has 31 heavy (non-hydrogen) atoms. The van der Waals surface area contributed by atoms with Gasteiger partial charge < -0.3 is 5.32 Å². The van der Waals surface area contributed by atoms with Crippen LogP contribution in [-0.4, -0.2) is 20.6 Å². The maximum Gasteiger partial charge on any atom is 0.255 e. The highest BCUT2D eigenvalue weighted by atomic mass is 35.5. The van der Waals surface area contributed by atoms with Gasteiger partial charge in [-0.25, -0.2) is 8.42 Å². The van der Waals surface area contributed by atoms with E-state index in [0.29, 0.717) is 22.5 Å². The van der Waals surface area contributed by atoms with Crippen LogP contribution >= 0.6 is 23.2 Å². The fourth-order valence-electron chi connectivity index (χ4n) is 3.02. The smallest absolute Gasteiger partial charge is 0.255 e. The predicted octanol–water partition coefficient (Wildman–Crippen LogP) is 5.77. The first kappa shape index (κ1) is 23.1. The lowest BCUT2D eigenvalue weighted by Crippen LogP contribution is -2.29. The van der Waals surface area contributed by atoms with E-state index in [1.54, 1.807) is 42.5 Å². The first-order valence-corrected chi connectivity index (χ1v) is 12.2. The Morgan fingerprint density at radius 2 is 1.55 bits per heavy atom. The van der Waals surface area contributed by atoms with Gasteiger partial charge in [-0.1, -0.05) is 60.5 Å². The molecule has 0 radical (unpaired) electrons. The number of carbonyl (C=O) groups is 1. The van der Waals surface area contributed by atoms with Crippen LogP contribution in [0, 0.1) is 0 Å². The lowest BCUT2D eigenvalue weighted by Gasteiger charge is -2.24. The van der Waals surface area contributed by atoms with Crippen molar-refractivity contribution in [3.63, 3.8) is 0 Å². The average molecular weight is 477 g/mol. The Morgan fingerprint density at radius 1 is 0.935 bits per heavy atom.